The molecule has 5 heteroatoms. The van der Waals surface area contributed by atoms with Crippen molar-refractivity contribution in [3.63, 3.8) is 0 Å². The molecule has 3 aromatic rings. The number of benzene rings is 1. The predicted molar refractivity (Wildman–Crippen MR) is 101 cm³/mol. The number of nitrogens with one attached hydrogen (secondary N) is 1. The Balaban J connectivity index is 1.68. The zero-order valence-corrected chi connectivity index (χ0v) is 14.7. The van der Waals surface area contributed by atoms with Crippen LogP contribution in [0.2, 0.25) is 0 Å². The Morgan fingerprint density at radius 2 is 2.00 bits per heavy atom. The van der Waals surface area contributed by atoms with Crippen LogP contribution in [-0.2, 0) is 0 Å². The molecule has 0 spiro atoms. The zero-order valence-electron chi connectivity index (χ0n) is 14.7. The van der Waals surface area contributed by atoms with E-state index < -0.39 is 0 Å². The number of piperidine rings is 1. The van der Waals surface area contributed by atoms with Gasteiger partial charge < -0.3 is 9.64 Å². The fourth-order valence-electron chi connectivity index (χ4n) is 3.38. The molecule has 1 aliphatic rings. The number of anilines is 1. The lowest BCUT2D eigenvalue weighted by Gasteiger charge is -2.27. The van der Waals surface area contributed by atoms with Crippen LogP contribution < -0.4 is 9.64 Å². The van der Waals surface area contributed by atoms with E-state index in [-0.39, 0.29) is 0 Å². The summed E-state index contributed by atoms with van der Waals surface area (Å²) >= 11 is 0. The lowest BCUT2D eigenvalue weighted by molar-refractivity contribution is 0.318. The normalized spacial score (nSPS) is 14.8. The number of hydrogen-bond donors (Lipinski definition) is 1. The average molecular weight is 336 g/mol. The van der Waals surface area contributed by atoms with Gasteiger partial charge in [0.1, 0.15) is 17.3 Å². The molecule has 0 amide bonds. The van der Waals surface area contributed by atoms with Gasteiger partial charge in [0.2, 0.25) is 0 Å². The summed E-state index contributed by atoms with van der Waals surface area (Å²) in [5.41, 5.74) is 3.07. The highest BCUT2D eigenvalue weighted by molar-refractivity contribution is 5.94. The minimum Gasteiger partial charge on any atom is -0.494 e. The Labute approximate surface area is 148 Å². The quantitative estimate of drug-likeness (QED) is 0.750. The van der Waals surface area contributed by atoms with Gasteiger partial charge in [0.25, 0.3) is 0 Å². The zero-order chi connectivity index (χ0) is 17.1. The summed E-state index contributed by atoms with van der Waals surface area (Å²) in [4.78, 5) is 6.95. The summed E-state index contributed by atoms with van der Waals surface area (Å²) in [6, 6.07) is 10.3. The van der Waals surface area contributed by atoms with Gasteiger partial charge in [-0.25, -0.2) is 4.98 Å². The fourth-order valence-corrected chi connectivity index (χ4v) is 3.38. The molecular weight excluding hydrogens is 312 g/mol. The Kier molecular flexibility index (Phi) is 4.55. The first-order chi connectivity index (χ1) is 12.3. The summed E-state index contributed by atoms with van der Waals surface area (Å²) < 4.78 is 5.78. The lowest BCUT2D eigenvalue weighted by Crippen LogP contribution is -2.30. The van der Waals surface area contributed by atoms with Gasteiger partial charge in [-0.15, -0.1) is 0 Å². The van der Waals surface area contributed by atoms with Crippen LogP contribution in [0.3, 0.4) is 0 Å². The first-order valence-corrected chi connectivity index (χ1v) is 9.17. The number of aromatic nitrogens is 3. The van der Waals surface area contributed by atoms with E-state index in [1.54, 1.807) is 0 Å². The van der Waals surface area contributed by atoms with Crippen LogP contribution in [0, 0.1) is 0 Å². The Morgan fingerprint density at radius 3 is 2.84 bits per heavy atom. The number of nitrogens with zero attached hydrogens (tertiary/aromatic N) is 3. The van der Waals surface area contributed by atoms with Gasteiger partial charge in [-0.1, -0.05) is 6.92 Å². The third kappa shape index (κ3) is 3.31. The lowest BCUT2D eigenvalue weighted by atomic mass is 10.1. The van der Waals surface area contributed by atoms with Crippen molar-refractivity contribution in [2.45, 2.75) is 32.6 Å². The van der Waals surface area contributed by atoms with Crippen molar-refractivity contribution < 1.29 is 4.74 Å². The molecular formula is C20H24N4O. The van der Waals surface area contributed by atoms with E-state index in [0.717, 1.165) is 59.8 Å². The highest BCUT2D eigenvalue weighted by atomic mass is 16.5. The Morgan fingerprint density at radius 1 is 1.12 bits per heavy atom. The maximum atomic E-state index is 5.78. The van der Waals surface area contributed by atoms with Gasteiger partial charge in [-0.2, -0.15) is 5.10 Å². The second-order valence-electron chi connectivity index (χ2n) is 6.58. The minimum absolute atomic E-state index is 0.729. The number of H-pyrrole nitrogens is 1. The second-order valence-corrected chi connectivity index (χ2v) is 6.58. The monoisotopic (exact) mass is 336 g/mol. The standard InChI is InChI=1S/C20H24N4O/c1-2-12-25-16-6-7-18-17(14-16)20(23-22-18)15-8-9-21-19(13-15)24-10-4-3-5-11-24/h6-9,13-14H,2-5,10-12H2,1H3,(H,22,23). The molecule has 25 heavy (non-hydrogen) atoms. The summed E-state index contributed by atoms with van der Waals surface area (Å²) in [5, 5.41) is 8.76. The summed E-state index contributed by atoms with van der Waals surface area (Å²) in [7, 11) is 0. The van der Waals surface area contributed by atoms with Crippen LogP contribution in [-0.4, -0.2) is 34.9 Å². The summed E-state index contributed by atoms with van der Waals surface area (Å²) in [6.45, 7) is 5.02. The van der Waals surface area contributed by atoms with E-state index in [1.807, 2.05) is 24.4 Å². The van der Waals surface area contributed by atoms with Crippen LogP contribution in [0.25, 0.3) is 22.2 Å². The van der Waals surface area contributed by atoms with E-state index in [4.69, 9.17) is 4.74 Å². The van der Waals surface area contributed by atoms with Gasteiger partial charge in [0.15, 0.2) is 0 Å². The third-order valence-corrected chi connectivity index (χ3v) is 4.71. The molecule has 1 saturated heterocycles. The van der Waals surface area contributed by atoms with Gasteiger partial charge in [0, 0.05) is 30.2 Å². The van der Waals surface area contributed by atoms with E-state index in [0.29, 0.717) is 0 Å². The molecule has 1 aliphatic heterocycles. The van der Waals surface area contributed by atoms with Gasteiger partial charge in [-0.3, -0.25) is 5.10 Å². The molecule has 2 aromatic heterocycles. The smallest absolute Gasteiger partial charge is 0.129 e. The molecule has 4 rings (SSSR count). The first-order valence-electron chi connectivity index (χ1n) is 9.17. The van der Waals surface area contributed by atoms with Crippen molar-refractivity contribution in [3.05, 3.63) is 36.5 Å². The number of aromatic amines is 1. The molecule has 130 valence electrons. The summed E-state index contributed by atoms with van der Waals surface area (Å²) in [6.07, 6.45) is 6.70. The molecule has 0 bridgehead atoms. The van der Waals surface area contributed by atoms with Gasteiger partial charge in [0.05, 0.1) is 12.1 Å². The van der Waals surface area contributed by atoms with E-state index in [1.165, 1.54) is 19.3 Å². The molecule has 0 saturated carbocycles. The highest BCUT2D eigenvalue weighted by Crippen LogP contribution is 2.31. The fraction of sp³-hybridized carbons (Fsp3) is 0.400. The van der Waals surface area contributed by atoms with Crippen LogP contribution in [0.1, 0.15) is 32.6 Å². The van der Waals surface area contributed by atoms with Crippen molar-refractivity contribution in [2.24, 2.45) is 0 Å². The van der Waals surface area contributed by atoms with Crippen molar-refractivity contribution in [1.29, 1.82) is 0 Å². The maximum absolute atomic E-state index is 5.78. The average Bonchev–Trinajstić information content (AvgIpc) is 3.10. The largest absolute Gasteiger partial charge is 0.494 e. The molecule has 0 aliphatic carbocycles. The van der Waals surface area contributed by atoms with Crippen molar-refractivity contribution in [3.8, 4) is 17.0 Å². The van der Waals surface area contributed by atoms with Gasteiger partial charge in [-0.05, 0) is 56.0 Å². The van der Waals surface area contributed by atoms with Crippen molar-refractivity contribution >= 4 is 16.7 Å². The first kappa shape index (κ1) is 15.9. The van der Waals surface area contributed by atoms with Gasteiger partial charge >= 0.3 is 0 Å². The van der Waals surface area contributed by atoms with Crippen LogP contribution >= 0.6 is 0 Å². The molecule has 3 heterocycles. The third-order valence-electron chi connectivity index (χ3n) is 4.71. The van der Waals surface area contributed by atoms with Crippen molar-refractivity contribution in [1.82, 2.24) is 15.2 Å². The molecule has 0 unspecified atom stereocenters. The summed E-state index contributed by atoms with van der Waals surface area (Å²) in [5.74, 6) is 1.94. The van der Waals surface area contributed by atoms with Crippen LogP contribution in [0.4, 0.5) is 5.82 Å². The van der Waals surface area contributed by atoms with Crippen LogP contribution in [0.5, 0.6) is 5.75 Å². The number of pyridine rings is 1. The Hall–Kier alpha value is -2.56. The van der Waals surface area contributed by atoms with E-state index in [2.05, 4.69) is 39.1 Å². The van der Waals surface area contributed by atoms with Crippen LogP contribution in [0.15, 0.2) is 36.5 Å². The maximum Gasteiger partial charge on any atom is 0.129 e. The number of hydrogen-bond acceptors (Lipinski definition) is 4. The molecule has 1 aromatic carbocycles. The van der Waals surface area contributed by atoms with E-state index >= 15 is 0 Å². The minimum atomic E-state index is 0.729. The number of ether oxygens (including phenoxy) is 1. The number of rotatable bonds is 5. The highest BCUT2D eigenvalue weighted by Gasteiger charge is 2.15. The SMILES string of the molecule is CCCOc1ccc2[nH]nc(-c3ccnc(N4CCCCC4)c3)c2c1. The molecule has 5 nitrogen and oxygen atoms in total. The number of fused-ring (bicyclic) bond motifs is 1. The molecule has 0 radical (unpaired) electrons. The second kappa shape index (κ2) is 7.13. The Bertz CT molecular complexity index is 852. The molecule has 1 fully saturated rings. The van der Waals surface area contributed by atoms with Crippen molar-refractivity contribution in [2.75, 3.05) is 24.6 Å². The topological polar surface area (TPSA) is 54.0 Å². The van der Waals surface area contributed by atoms with E-state index in [9.17, 15) is 0 Å². The molecule has 1 N–H and O–H groups in total. The molecule has 0 atom stereocenters. The predicted octanol–water partition coefficient (Wildman–Crippen LogP) is 4.40.